The van der Waals surface area contributed by atoms with Gasteiger partial charge in [0.15, 0.2) is 0 Å². The van der Waals surface area contributed by atoms with E-state index in [1.54, 1.807) is 18.2 Å². The number of fused-ring (bicyclic) bond motifs is 3. The normalized spacial score (nSPS) is 15.2. The Morgan fingerprint density at radius 1 is 1.06 bits per heavy atom. The lowest BCUT2D eigenvalue weighted by molar-refractivity contribution is -0.386. The molecule has 0 aromatic heterocycles. The molecule has 0 N–H and O–H groups in total. The van der Waals surface area contributed by atoms with Crippen LogP contribution in [-0.4, -0.2) is 68.8 Å². The monoisotopic (exact) mass is 442 g/mol. The molecule has 2 aliphatic rings. The molecule has 0 bridgehead atoms. The van der Waals surface area contributed by atoms with Crippen LogP contribution in [0.3, 0.4) is 0 Å². The number of hydrogen-bond acceptors (Lipinski definition) is 8. The summed E-state index contributed by atoms with van der Waals surface area (Å²) in [6, 6.07) is 6.63. The van der Waals surface area contributed by atoms with Gasteiger partial charge in [-0.3, -0.25) is 19.8 Å². The second kappa shape index (κ2) is 9.54. The zero-order chi connectivity index (χ0) is 22.7. The highest BCUT2D eigenvalue weighted by Crippen LogP contribution is 2.53. The van der Waals surface area contributed by atoms with Gasteiger partial charge in [-0.15, -0.1) is 0 Å². The molecule has 0 saturated carbocycles. The highest BCUT2D eigenvalue weighted by atomic mass is 16.6. The SMILES string of the molecule is CCCOc1cc(OC)c2c(c1[N+](=O)[O-])C(=O)c1cccc(OCCN3CCOCC3)c1-2. The fourth-order valence-electron chi connectivity index (χ4n) is 4.10. The summed E-state index contributed by atoms with van der Waals surface area (Å²) in [7, 11) is 1.47. The zero-order valence-electron chi connectivity index (χ0n) is 18.2. The van der Waals surface area contributed by atoms with Crippen molar-refractivity contribution < 1.29 is 28.7 Å². The molecule has 0 atom stereocenters. The molecule has 1 fully saturated rings. The maximum atomic E-state index is 13.3. The third-order valence-electron chi connectivity index (χ3n) is 5.61. The molecule has 32 heavy (non-hydrogen) atoms. The van der Waals surface area contributed by atoms with Crippen LogP contribution in [0.1, 0.15) is 29.3 Å². The number of nitro benzene ring substituents is 1. The molecule has 1 aliphatic carbocycles. The van der Waals surface area contributed by atoms with Crippen LogP contribution in [-0.2, 0) is 4.74 Å². The second-order valence-corrected chi connectivity index (χ2v) is 7.59. The number of nitrogens with zero attached hydrogens (tertiary/aromatic N) is 2. The average Bonchev–Trinajstić information content (AvgIpc) is 3.11. The Kier molecular flexibility index (Phi) is 6.57. The predicted molar refractivity (Wildman–Crippen MR) is 117 cm³/mol. The lowest BCUT2D eigenvalue weighted by Gasteiger charge is -2.26. The summed E-state index contributed by atoms with van der Waals surface area (Å²) in [6.45, 7) is 6.42. The van der Waals surface area contributed by atoms with Gasteiger partial charge in [-0.1, -0.05) is 19.1 Å². The lowest BCUT2D eigenvalue weighted by atomic mass is 10.0. The summed E-state index contributed by atoms with van der Waals surface area (Å²) >= 11 is 0. The smallest absolute Gasteiger partial charge is 0.322 e. The number of ketones is 1. The Bertz CT molecular complexity index is 1030. The summed E-state index contributed by atoms with van der Waals surface area (Å²) in [5, 5.41) is 12.0. The molecule has 1 aliphatic heterocycles. The van der Waals surface area contributed by atoms with Crippen molar-refractivity contribution in [2.24, 2.45) is 0 Å². The van der Waals surface area contributed by atoms with E-state index in [0.717, 1.165) is 19.6 Å². The predicted octanol–water partition coefficient (Wildman–Crippen LogP) is 3.31. The van der Waals surface area contributed by atoms with Crippen molar-refractivity contribution in [1.29, 1.82) is 0 Å². The van der Waals surface area contributed by atoms with Crippen molar-refractivity contribution in [3.05, 3.63) is 45.5 Å². The van der Waals surface area contributed by atoms with Gasteiger partial charge in [0.2, 0.25) is 11.5 Å². The van der Waals surface area contributed by atoms with Crippen LogP contribution in [0.5, 0.6) is 17.2 Å². The first kappa shape index (κ1) is 22.0. The molecule has 2 aromatic carbocycles. The van der Waals surface area contributed by atoms with E-state index in [0.29, 0.717) is 61.0 Å². The third kappa shape index (κ3) is 4.01. The maximum absolute atomic E-state index is 13.3. The van der Waals surface area contributed by atoms with E-state index in [2.05, 4.69) is 4.90 Å². The van der Waals surface area contributed by atoms with Crippen molar-refractivity contribution in [3.8, 4) is 28.4 Å². The number of nitro groups is 1. The van der Waals surface area contributed by atoms with E-state index < -0.39 is 10.7 Å². The van der Waals surface area contributed by atoms with E-state index in [1.165, 1.54) is 13.2 Å². The van der Waals surface area contributed by atoms with Gasteiger partial charge >= 0.3 is 5.69 Å². The molecule has 1 saturated heterocycles. The van der Waals surface area contributed by atoms with Crippen molar-refractivity contribution in [3.63, 3.8) is 0 Å². The van der Waals surface area contributed by atoms with Crippen LogP contribution in [0.2, 0.25) is 0 Å². The molecule has 9 nitrogen and oxygen atoms in total. The molecule has 170 valence electrons. The molecule has 4 rings (SSSR count). The van der Waals surface area contributed by atoms with Gasteiger partial charge in [-0.25, -0.2) is 0 Å². The highest BCUT2D eigenvalue weighted by Gasteiger charge is 2.41. The van der Waals surface area contributed by atoms with Crippen LogP contribution < -0.4 is 14.2 Å². The minimum Gasteiger partial charge on any atom is -0.496 e. The summed E-state index contributed by atoms with van der Waals surface area (Å²) < 4.78 is 22.6. The second-order valence-electron chi connectivity index (χ2n) is 7.59. The van der Waals surface area contributed by atoms with Crippen LogP contribution >= 0.6 is 0 Å². The molecule has 0 unspecified atom stereocenters. The fourth-order valence-corrected chi connectivity index (χ4v) is 4.10. The molecule has 0 radical (unpaired) electrons. The first-order chi connectivity index (χ1) is 15.6. The Morgan fingerprint density at radius 3 is 2.50 bits per heavy atom. The van der Waals surface area contributed by atoms with E-state index in [1.807, 2.05) is 6.92 Å². The number of carbonyl (C=O) groups is 1. The highest BCUT2D eigenvalue weighted by molar-refractivity contribution is 6.26. The van der Waals surface area contributed by atoms with Gasteiger partial charge in [-0.05, 0) is 12.5 Å². The lowest BCUT2D eigenvalue weighted by Crippen LogP contribution is -2.38. The standard InChI is InChI=1S/C23H26N2O7/c1-3-10-31-18-14-17(29-2)20-19-15(23(26)21(20)22(18)25(27)28)5-4-6-16(19)32-13-9-24-7-11-30-12-8-24/h4-6,14H,3,7-13H2,1-2H3. The Hall–Kier alpha value is -3.17. The molecular formula is C23H26N2O7. The number of morpholine rings is 1. The van der Waals surface area contributed by atoms with Gasteiger partial charge in [0.25, 0.3) is 0 Å². The zero-order valence-corrected chi connectivity index (χ0v) is 18.2. The number of benzene rings is 2. The van der Waals surface area contributed by atoms with Gasteiger partial charge in [0.05, 0.1) is 31.9 Å². The van der Waals surface area contributed by atoms with Gasteiger partial charge in [0, 0.05) is 42.4 Å². The van der Waals surface area contributed by atoms with Crippen LogP contribution in [0.15, 0.2) is 24.3 Å². The van der Waals surface area contributed by atoms with Crippen LogP contribution in [0.4, 0.5) is 5.69 Å². The minimum atomic E-state index is -0.563. The summed E-state index contributed by atoms with van der Waals surface area (Å²) in [5.41, 5.74) is 0.911. The molecule has 1 heterocycles. The molecule has 2 aromatic rings. The van der Waals surface area contributed by atoms with Crippen molar-refractivity contribution in [2.45, 2.75) is 13.3 Å². The van der Waals surface area contributed by atoms with Gasteiger partial charge < -0.3 is 18.9 Å². The molecule has 0 spiro atoms. The summed E-state index contributed by atoms with van der Waals surface area (Å²) in [6.07, 6.45) is 0.672. The number of hydrogen-bond donors (Lipinski definition) is 0. The van der Waals surface area contributed by atoms with E-state index >= 15 is 0 Å². The molecule has 9 heteroatoms. The quantitative estimate of drug-likeness (QED) is 0.368. The van der Waals surface area contributed by atoms with Crippen LogP contribution in [0, 0.1) is 10.1 Å². The third-order valence-corrected chi connectivity index (χ3v) is 5.61. The number of ether oxygens (including phenoxy) is 4. The molecular weight excluding hydrogens is 416 g/mol. The van der Waals surface area contributed by atoms with Crippen LogP contribution in [0.25, 0.3) is 11.1 Å². The van der Waals surface area contributed by atoms with Crippen molar-refractivity contribution in [2.75, 3.05) is 53.2 Å². The summed E-state index contributed by atoms with van der Waals surface area (Å²) in [5.74, 6) is 0.440. The van der Waals surface area contributed by atoms with E-state index in [9.17, 15) is 14.9 Å². The van der Waals surface area contributed by atoms with E-state index in [-0.39, 0.29) is 17.0 Å². The number of methoxy groups -OCH3 is 1. The first-order valence-electron chi connectivity index (χ1n) is 10.7. The van der Waals surface area contributed by atoms with E-state index in [4.69, 9.17) is 18.9 Å². The van der Waals surface area contributed by atoms with Crippen molar-refractivity contribution >= 4 is 11.5 Å². The molecule has 0 amide bonds. The average molecular weight is 442 g/mol. The van der Waals surface area contributed by atoms with Crippen molar-refractivity contribution in [1.82, 2.24) is 4.90 Å². The van der Waals surface area contributed by atoms with Gasteiger partial charge in [-0.2, -0.15) is 0 Å². The number of rotatable bonds is 9. The first-order valence-corrected chi connectivity index (χ1v) is 10.7. The number of carbonyl (C=O) groups excluding carboxylic acids is 1. The Balaban J connectivity index is 1.74. The fraction of sp³-hybridized carbons (Fsp3) is 0.435. The largest absolute Gasteiger partial charge is 0.496 e. The minimum absolute atomic E-state index is 0.0142. The Labute approximate surface area is 186 Å². The van der Waals surface area contributed by atoms with Gasteiger partial charge in [0.1, 0.15) is 23.7 Å². The Morgan fingerprint density at radius 2 is 1.81 bits per heavy atom. The maximum Gasteiger partial charge on any atom is 0.322 e. The summed E-state index contributed by atoms with van der Waals surface area (Å²) in [4.78, 5) is 26.9. The topological polar surface area (TPSA) is 100 Å².